The number of carbonyl (C=O) groups excluding carboxylic acids is 3. The van der Waals surface area contributed by atoms with E-state index >= 15 is 0 Å². The number of nitrogens with zero attached hydrogens (tertiary/aromatic N) is 2. The number of nitrogens with one attached hydrogen (secondary N) is 2. The summed E-state index contributed by atoms with van der Waals surface area (Å²) in [7, 11) is 0. The van der Waals surface area contributed by atoms with Crippen LogP contribution in [-0.4, -0.2) is 32.8 Å². The largest absolute Gasteiger partial charge is 0.305 e. The molecule has 3 amide bonds. The fraction of sp³-hybridized carbons (Fsp3) is 0.0435. The molecular formula is C23H16N4O3S. The van der Waals surface area contributed by atoms with Gasteiger partial charge in [-0.15, -0.1) is 11.3 Å². The normalized spacial score (nSPS) is 12.8. The molecule has 2 N–H and O–H groups in total. The summed E-state index contributed by atoms with van der Waals surface area (Å²) in [5.74, 6) is -0.794. The summed E-state index contributed by atoms with van der Waals surface area (Å²) < 4.78 is 0. The van der Waals surface area contributed by atoms with Gasteiger partial charge < -0.3 is 5.32 Å². The van der Waals surface area contributed by atoms with Crippen molar-refractivity contribution in [3.8, 4) is 10.6 Å². The average molecular weight is 428 g/mol. The smallest absolute Gasteiger partial charge is 0.261 e. The van der Waals surface area contributed by atoms with Crippen LogP contribution in [0.15, 0.2) is 72.1 Å². The minimum absolute atomic E-state index is 0.188. The molecule has 1 aliphatic heterocycles. The molecule has 7 nitrogen and oxygen atoms in total. The second-order valence-electron chi connectivity index (χ2n) is 7.04. The van der Waals surface area contributed by atoms with Crippen LogP contribution in [-0.2, 0) is 6.54 Å². The van der Waals surface area contributed by atoms with Gasteiger partial charge in [0.25, 0.3) is 17.7 Å². The molecule has 0 spiro atoms. The number of rotatable bonds is 5. The van der Waals surface area contributed by atoms with E-state index in [-0.39, 0.29) is 23.6 Å². The molecule has 2 aromatic heterocycles. The molecule has 1 aliphatic rings. The maximum absolute atomic E-state index is 12.8. The topological polar surface area (TPSA) is 95.2 Å². The zero-order chi connectivity index (χ0) is 21.4. The first kappa shape index (κ1) is 19.0. The van der Waals surface area contributed by atoms with Crippen molar-refractivity contribution in [1.82, 2.24) is 15.1 Å². The van der Waals surface area contributed by atoms with Gasteiger partial charge in [0, 0.05) is 11.6 Å². The fourth-order valence-corrected chi connectivity index (χ4v) is 4.17. The molecule has 2 aromatic carbocycles. The van der Waals surface area contributed by atoms with E-state index in [2.05, 4.69) is 15.5 Å². The highest BCUT2D eigenvalue weighted by Crippen LogP contribution is 2.27. The van der Waals surface area contributed by atoms with Gasteiger partial charge >= 0.3 is 0 Å². The molecule has 152 valence electrons. The van der Waals surface area contributed by atoms with E-state index in [4.69, 9.17) is 0 Å². The van der Waals surface area contributed by atoms with E-state index < -0.39 is 11.8 Å². The van der Waals surface area contributed by atoms with Gasteiger partial charge in [0.1, 0.15) is 0 Å². The SMILES string of the molecule is O=C(Nc1cc(-c2cccs2)[nH]n1)c1ccc2c(c1)C(=O)N(Cc1ccccc1)C2=O. The highest BCUT2D eigenvalue weighted by molar-refractivity contribution is 7.13. The Hall–Kier alpha value is -4.04. The van der Waals surface area contributed by atoms with Gasteiger partial charge in [0.15, 0.2) is 5.82 Å². The van der Waals surface area contributed by atoms with Crippen molar-refractivity contribution < 1.29 is 14.4 Å². The minimum atomic E-state index is -0.409. The zero-order valence-electron chi connectivity index (χ0n) is 16.2. The van der Waals surface area contributed by atoms with Crippen LogP contribution in [0.2, 0.25) is 0 Å². The Morgan fingerprint density at radius 1 is 0.968 bits per heavy atom. The first-order chi connectivity index (χ1) is 15.1. The van der Waals surface area contributed by atoms with E-state index in [0.717, 1.165) is 16.1 Å². The van der Waals surface area contributed by atoms with Gasteiger partial charge in [-0.25, -0.2) is 0 Å². The van der Waals surface area contributed by atoms with E-state index in [9.17, 15) is 14.4 Å². The van der Waals surface area contributed by atoms with Crippen molar-refractivity contribution in [1.29, 1.82) is 0 Å². The average Bonchev–Trinajstić information content (AvgIpc) is 3.52. The number of hydrogen-bond donors (Lipinski definition) is 2. The first-order valence-corrected chi connectivity index (χ1v) is 10.4. The quantitative estimate of drug-likeness (QED) is 0.466. The lowest BCUT2D eigenvalue weighted by atomic mass is 10.1. The van der Waals surface area contributed by atoms with Crippen LogP contribution in [0.3, 0.4) is 0 Å². The number of anilines is 1. The Morgan fingerprint density at radius 2 is 1.77 bits per heavy atom. The lowest BCUT2D eigenvalue weighted by molar-refractivity contribution is 0.0642. The van der Waals surface area contributed by atoms with Gasteiger partial charge in [0.2, 0.25) is 0 Å². The number of hydrogen-bond acceptors (Lipinski definition) is 5. The lowest BCUT2D eigenvalue weighted by Gasteiger charge is -2.13. The van der Waals surface area contributed by atoms with Crippen LogP contribution in [0.25, 0.3) is 10.6 Å². The Balaban J connectivity index is 1.34. The molecule has 3 heterocycles. The third-order valence-corrected chi connectivity index (χ3v) is 5.93. The van der Waals surface area contributed by atoms with Crippen molar-refractivity contribution in [3.63, 3.8) is 0 Å². The molecule has 5 rings (SSSR count). The third-order valence-electron chi connectivity index (χ3n) is 5.02. The molecule has 0 saturated carbocycles. The second-order valence-corrected chi connectivity index (χ2v) is 7.99. The number of aromatic amines is 1. The van der Waals surface area contributed by atoms with Crippen molar-refractivity contribution in [2.45, 2.75) is 6.54 Å². The Morgan fingerprint density at radius 3 is 2.55 bits per heavy atom. The van der Waals surface area contributed by atoms with Crippen LogP contribution in [0, 0.1) is 0 Å². The molecule has 31 heavy (non-hydrogen) atoms. The molecule has 0 aliphatic carbocycles. The molecule has 4 aromatic rings. The van der Waals surface area contributed by atoms with E-state index in [1.807, 2.05) is 47.8 Å². The summed E-state index contributed by atoms with van der Waals surface area (Å²) in [6.45, 7) is 0.188. The Labute approximate surface area is 181 Å². The number of H-pyrrole nitrogens is 1. The maximum atomic E-state index is 12.8. The lowest BCUT2D eigenvalue weighted by Crippen LogP contribution is -2.29. The summed E-state index contributed by atoms with van der Waals surface area (Å²) in [5.41, 5.74) is 2.47. The van der Waals surface area contributed by atoms with Crippen molar-refractivity contribution in [3.05, 3.63) is 94.4 Å². The number of benzene rings is 2. The third kappa shape index (κ3) is 3.53. The molecule has 0 bridgehead atoms. The highest BCUT2D eigenvalue weighted by Gasteiger charge is 2.36. The Bertz CT molecular complexity index is 1300. The zero-order valence-corrected chi connectivity index (χ0v) is 17.0. The summed E-state index contributed by atoms with van der Waals surface area (Å²) in [4.78, 5) is 40.4. The number of imide groups is 1. The number of thiophene rings is 1. The highest BCUT2D eigenvalue weighted by atomic mass is 32.1. The number of aromatic nitrogens is 2. The standard InChI is InChI=1S/C23H16N4O3S/c28-21(24-20-12-18(25-26-20)19-7-4-10-31-19)15-8-9-16-17(11-15)23(30)27(22(16)29)13-14-5-2-1-3-6-14/h1-12H,13H2,(H2,24,25,26,28). The van der Waals surface area contributed by atoms with Gasteiger partial charge in [0.05, 0.1) is 28.2 Å². The summed E-state index contributed by atoms with van der Waals surface area (Å²) in [6, 6.07) is 19.5. The number of carbonyl (C=O) groups is 3. The number of fused-ring (bicyclic) bond motifs is 1. The molecule has 0 fully saturated rings. The number of amides is 3. The summed E-state index contributed by atoms with van der Waals surface area (Å²) >= 11 is 1.56. The first-order valence-electron chi connectivity index (χ1n) is 9.55. The van der Waals surface area contributed by atoms with Crippen LogP contribution < -0.4 is 5.32 Å². The van der Waals surface area contributed by atoms with Crippen LogP contribution in [0.1, 0.15) is 36.6 Å². The van der Waals surface area contributed by atoms with E-state index in [1.54, 1.807) is 17.4 Å². The van der Waals surface area contributed by atoms with Gasteiger partial charge in [-0.2, -0.15) is 5.10 Å². The van der Waals surface area contributed by atoms with Crippen molar-refractivity contribution in [2.24, 2.45) is 0 Å². The molecular weight excluding hydrogens is 412 g/mol. The predicted octanol–water partition coefficient (Wildman–Crippen LogP) is 4.19. The van der Waals surface area contributed by atoms with E-state index in [1.165, 1.54) is 23.1 Å². The van der Waals surface area contributed by atoms with Crippen molar-refractivity contribution >= 4 is 34.9 Å². The van der Waals surface area contributed by atoms with Gasteiger partial charge in [-0.3, -0.25) is 24.4 Å². The Kier molecular flexibility index (Phi) is 4.68. The minimum Gasteiger partial charge on any atom is -0.305 e. The molecule has 0 radical (unpaired) electrons. The van der Waals surface area contributed by atoms with Gasteiger partial charge in [-0.1, -0.05) is 36.4 Å². The van der Waals surface area contributed by atoms with Crippen molar-refractivity contribution in [2.75, 3.05) is 5.32 Å². The summed E-state index contributed by atoms with van der Waals surface area (Å²) in [6.07, 6.45) is 0. The second kappa shape index (κ2) is 7.66. The molecule has 0 atom stereocenters. The monoisotopic (exact) mass is 428 g/mol. The molecule has 0 unspecified atom stereocenters. The van der Waals surface area contributed by atoms with Crippen LogP contribution >= 0.6 is 11.3 Å². The molecule has 8 heteroatoms. The maximum Gasteiger partial charge on any atom is 0.261 e. The molecule has 0 saturated heterocycles. The van der Waals surface area contributed by atoms with E-state index in [0.29, 0.717) is 11.4 Å². The van der Waals surface area contributed by atoms with Gasteiger partial charge in [-0.05, 0) is 35.2 Å². The van der Waals surface area contributed by atoms with Crippen LogP contribution in [0.4, 0.5) is 5.82 Å². The fourth-order valence-electron chi connectivity index (χ4n) is 3.47. The predicted molar refractivity (Wildman–Crippen MR) is 117 cm³/mol. The summed E-state index contributed by atoms with van der Waals surface area (Å²) in [5, 5.41) is 11.7. The van der Waals surface area contributed by atoms with Crippen LogP contribution in [0.5, 0.6) is 0 Å².